The van der Waals surface area contributed by atoms with Crippen molar-refractivity contribution in [2.75, 3.05) is 37.7 Å². The van der Waals surface area contributed by atoms with Gasteiger partial charge in [0, 0.05) is 44.7 Å². The van der Waals surface area contributed by atoms with E-state index in [0.717, 1.165) is 45.4 Å². The summed E-state index contributed by atoms with van der Waals surface area (Å²) in [5, 5.41) is 17.9. The van der Waals surface area contributed by atoms with Crippen LogP contribution in [-0.2, 0) is 0 Å². The predicted octanol–water partition coefficient (Wildman–Crippen LogP) is 1.02. The van der Waals surface area contributed by atoms with E-state index in [9.17, 15) is 0 Å². The fourth-order valence-electron chi connectivity index (χ4n) is 2.76. The van der Waals surface area contributed by atoms with Crippen LogP contribution in [0.15, 0.2) is 12.4 Å². The Morgan fingerprint density at radius 2 is 2.10 bits per heavy atom. The summed E-state index contributed by atoms with van der Waals surface area (Å²) in [4.78, 5) is 13.0. The molecule has 1 saturated heterocycles. The monoisotopic (exact) mass is 289 g/mol. The fraction of sp³-hybridized carbons (Fsp3) is 0.667. The highest BCUT2D eigenvalue weighted by molar-refractivity contribution is 5.49. The number of aromatic nitrogens is 2. The number of anilines is 1. The second-order valence-corrected chi connectivity index (χ2v) is 5.46. The van der Waals surface area contributed by atoms with Gasteiger partial charge in [-0.3, -0.25) is 4.90 Å². The van der Waals surface area contributed by atoms with Crippen LogP contribution in [0.3, 0.4) is 0 Å². The van der Waals surface area contributed by atoms with Crippen molar-refractivity contribution in [3.05, 3.63) is 18.1 Å². The molecular formula is C15H23N5O. The number of aliphatic hydroxyl groups excluding tert-OH is 1. The molecule has 1 aromatic rings. The molecule has 1 fully saturated rings. The average molecular weight is 289 g/mol. The number of rotatable bonds is 6. The molecule has 1 aromatic heterocycles. The summed E-state index contributed by atoms with van der Waals surface area (Å²) < 4.78 is 0. The topological polar surface area (TPSA) is 76.3 Å². The molecular weight excluding hydrogens is 266 g/mol. The molecule has 0 spiro atoms. The van der Waals surface area contributed by atoms with E-state index in [1.54, 1.807) is 12.4 Å². The van der Waals surface area contributed by atoms with E-state index in [4.69, 9.17) is 10.4 Å². The molecule has 1 unspecified atom stereocenters. The standard InChI is InChI=1S/C15H23N5O/c1-13-12-20(15-14(11-16)17-5-6-18-15)9-8-19(13)7-3-2-4-10-21/h5-6,13,21H,2-4,7-10,12H2,1H3. The molecule has 2 heterocycles. The van der Waals surface area contributed by atoms with Gasteiger partial charge in [-0.2, -0.15) is 5.26 Å². The van der Waals surface area contributed by atoms with Crippen molar-refractivity contribution in [3.63, 3.8) is 0 Å². The third kappa shape index (κ3) is 4.13. The summed E-state index contributed by atoms with van der Waals surface area (Å²) in [5.41, 5.74) is 0.404. The molecule has 6 heteroatoms. The predicted molar refractivity (Wildman–Crippen MR) is 80.9 cm³/mol. The van der Waals surface area contributed by atoms with Crippen molar-refractivity contribution >= 4 is 5.82 Å². The lowest BCUT2D eigenvalue weighted by atomic mass is 10.1. The number of hydrogen-bond acceptors (Lipinski definition) is 6. The van der Waals surface area contributed by atoms with Crippen LogP contribution in [0.1, 0.15) is 31.9 Å². The molecule has 0 aromatic carbocycles. The van der Waals surface area contributed by atoms with Gasteiger partial charge >= 0.3 is 0 Å². The number of unbranched alkanes of at least 4 members (excludes halogenated alkanes) is 2. The zero-order valence-corrected chi connectivity index (χ0v) is 12.6. The van der Waals surface area contributed by atoms with Gasteiger partial charge in [0.05, 0.1) is 0 Å². The van der Waals surface area contributed by atoms with Crippen LogP contribution in [0, 0.1) is 11.3 Å². The summed E-state index contributed by atoms with van der Waals surface area (Å²) in [6.45, 7) is 6.28. The zero-order chi connectivity index (χ0) is 15.1. The van der Waals surface area contributed by atoms with Crippen LogP contribution in [-0.4, -0.2) is 58.8 Å². The van der Waals surface area contributed by atoms with Gasteiger partial charge in [-0.15, -0.1) is 0 Å². The van der Waals surface area contributed by atoms with Crippen LogP contribution < -0.4 is 4.90 Å². The molecule has 1 aliphatic rings. The van der Waals surface area contributed by atoms with Gasteiger partial charge in [0.1, 0.15) is 6.07 Å². The summed E-state index contributed by atoms with van der Waals surface area (Å²) in [6, 6.07) is 2.55. The SMILES string of the molecule is CC1CN(c2nccnc2C#N)CCN1CCCCCO. The first-order valence-corrected chi connectivity index (χ1v) is 7.57. The minimum atomic E-state index is 0.285. The van der Waals surface area contributed by atoms with Crippen LogP contribution in [0.2, 0.25) is 0 Å². The highest BCUT2D eigenvalue weighted by Gasteiger charge is 2.25. The highest BCUT2D eigenvalue weighted by atomic mass is 16.2. The van der Waals surface area contributed by atoms with Gasteiger partial charge in [-0.25, -0.2) is 9.97 Å². The van der Waals surface area contributed by atoms with Crippen LogP contribution >= 0.6 is 0 Å². The van der Waals surface area contributed by atoms with Crippen LogP contribution in [0.4, 0.5) is 5.82 Å². The average Bonchev–Trinajstić information content (AvgIpc) is 2.52. The quantitative estimate of drug-likeness (QED) is 0.788. The summed E-state index contributed by atoms with van der Waals surface area (Å²) in [5.74, 6) is 0.701. The normalized spacial score (nSPS) is 19.5. The van der Waals surface area contributed by atoms with Crippen molar-refractivity contribution in [2.24, 2.45) is 0 Å². The molecule has 0 amide bonds. The second kappa shape index (κ2) is 7.91. The van der Waals surface area contributed by atoms with Crippen molar-refractivity contribution in [2.45, 2.75) is 32.2 Å². The maximum Gasteiger partial charge on any atom is 0.183 e. The Morgan fingerprint density at radius 3 is 2.81 bits per heavy atom. The molecule has 114 valence electrons. The molecule has 6 nitrogen and oxygen atoms in total. The van der Waals surface area contributed by atoms with E-state index in [0.29, 0.717) is 17.6 Å². The molecule has 1 aliphatic heterocycles. The lowest BCUT2D eigenvalue weighted by Gasteiger charge is -2.40. The Balaban J connectivity index is 1.90. The number of nitriles is 1. The summed E-state index contributed by atoms with van der Waals surface area (Å²) >= 11 is 0. The fourth-order valence-corrected chi connectivity index (χ4v) is 2.76. The Morgan fingerprint density at radius 1 is 1.29 bits per heavy atom. The third-order valence-corrected chi connectivity index (χ3v) is 3.95. The smallest absolute Gasteiger partial charge is 0.183 e. The Bertz CT molecular complexity index is 487. The summed E-state index contributed by atoms with van der Waals surface area (Å²) in [6.07, 6.45) is 6.29. The van der Waals surface area contributed by atoms with Gasteiger partial charge < -0.3 is 10.0 Å². The molecule has 1 N–H and O–H groups in total. The maximum atomic E-state index is 9.12. The van der Waals surface area contributed by atoms with Gasteiger partial charge in [-0.05, 0) is 32.7 Å². The molecule has 0 saturated carbocycles. The lowest BCUT2D eigenvalue weighted by molar-refractivity contribution is 0.182. The Kier molecular flexibility index (Phi) is 5.90. The van der Waals surface area contributed by atoms with Crippen molar-refractivity contribution < 1.29 is 5.11 Å². The molecule has 0 bridgehead atoms. The van der Waals surface area contributed by atoms with Gasteiger partial charge in [0.25, 0.3) is 0 Å². The molecule has 0 aliphatic carbocycles. The van der Waals surface area contributed by atoms with Gasteiger partial charge in [0.2, 0.25) is 0 Å². The van der Waals surface area contributed by atoms with Crippen LogP contribution in [0.5, 0.6) is 0 Å². The first-order chi connectivity index (χ1) is 10.3. The molecule has 21 heavy (non-hydrogen) atoms. The second-order valence-electron chi connectivity index (χ2n) is 5.46. The molecule has 2 rings (SSSR count). The van der Waals surface area contributed by atoms with Crippen molar-refractivity contribution in [3.8, 4) is 6.07 Å². The number of hydrogen-bond donors (Lipinski definition) is 1. The van der Waals surface area contributed by atoms with E-state index in [-0.39, 0.29) is 6.61 Å². The van der Waals surface area contributed by atoms with Crippen LogP contribution in [0.25, 0.3) is 0 Å². The Labute approximate surface area is 126 Å². The summed E-state index contributed by atoms with van der Waals surface area (Å²) in [7, 11) is 0. The van der Waals surface area contributed by atoms with Gasteiger partial charge in [-0.1, -0.05) is 0 Å². The highest BCUT2D eigenvalue weighted by Crippen LogP contribution is 2.19. The number of piperazine rings is 1. The lowest BCUT2D eigenvalue weighted by Crippen LogP contribution is -2.52. The number of nitrogens with zero attached hydrogens (tertiary/aromatic N) is 5. The van der Waals surface area contributed by atoms with E-state index < -0.39 is 0 Å². The Hall–Kier alpha value is -1.71. The van der Waals surface area contributed by atoms with E-state index in [1.165, 1.54) is 0 Å². The zero-order valence-electron chi connectivity index (χ0n) is 12.6. The van der Waals surface area contributed by atoms with E-state index >= 15 is 0 Å². The molecule has 0 radical (unpaired) electrons. The van der Waals surface area contributed by atoms with E-state index in [1.807, 2.05) is 0 Å². The minimum Gasteiger partial charge on any atom is -0.396 e. The van der Waals surface area contributed by atoms with Crippen molar-refractivity contribution in [1.82, 2.24) is 14.9 Å². The number of aliphatic hydroxyl groups is 1. The molecule has 1 atom stereocenters. The van der Waals surface area contributed by atoms with E-state index in [2.05, 4.69) is 32.8 Å². The largest absolute Gasteiger partial charge is 0.396 e. The van der Waals surface area contributed by atoms with Crippen molar-refractivity contribution in [1.29, 1.82) is 5.26 Å². The van der Waals surface area contributed by atoms with Gasteiger partial charge in [0.15, 0.2) is 11.5 Å². The first kappa shape index (κ1) is 15.7. The third-order valence-electron chi connectivity index (χ3n) is 3.95. The minimum absolute atomic E-state index is 0.285. The first-order valence-electron chi connectivity index (χ1n) is 7.57. The maximum absolute atomic E-state index is 9.12.